The van der Waals surface area contributed by atoms with Crippen LogP contribution >= 0.6 is 0 Å². The zero-order valence-electron chi connectivity index (χ0n) is 15.9. The quantitative estimate of drug-likeness (QED) is 0.714. The van der Waals surface area contributed by atoms with Gasteiger partial charge >= 0.3 is 0 Å². The van der Waals surface area contributed by atoms with Crippen molar-refractivity contribution in [2.45, 2.75) is 20.3 Å². The molecule has 2 amide bonds. The van der Waals surface area contributed by atoms with Crippen LogP contribution in [0.1, 0.15) is 27.3 Å². The van der Waals surface area contributed by atoms with Gasteiger partial charge in [0.25, 0.3) is 5.91 Å². The number of hydrogen-bond donors (Lipinski definition) is 2. The zero-order chi connectivity index (χ0) is 20.3. The summed E-state index contributed by atoms with van der Waals surface area (Å²) in [5.41, 5.74) is 4.11. The molecule has 0 saturated carbocycles. The van der Waals surface area contributed by atoms with Gasteiger partial charge in [0.05, 0.1) is 17.8 Å². The number of carbonyl (C=O) groups is 2. The lowest BCUT2D eigenvalue weighted by Gasteiger charge is -2.08. The Morgan fingerprint density at radius 2 is 1.82 bits per heavy atom. The summed E-state index contributed by atoms with van der Waals surface area (Å²) in [5.74, 6) is -0.744. The van der Waals surface area contributed by atoms with Crippen LogP contribution < -0.4 is 10.6 Å². The summed E-state index contributed by atoms with van der Waals surface area (Å²) in [6, 6.07) is 12.8. The molecule has 0 spiro atoms. The summed E-state index contributed by atoms with van der Waals surface area (Å²) in [5, 5.41) is 9.85. The fourth-order valence-corrected chi connectivity index (χ4v) is 3.01. The monoisotopic (exact) mass is 380 g/mol. The Kier molecular flexibility index (Phi) is 5.54. The first-order valence-corrected chi connectivity index (χ1v) is 8.82. The third-order valence-electron chi connectivity index (χ3n) is 4.49. The number of rotatable bonds is 5. The molecule has 0 fully saturated rings. The van der Waals surface area contributed by atoms with E-state index < -0.39 is 0 Å². The molecule has 2 N–H and O–H groups in total. The molecular weight excluding hydrogens is 359 g/mol. The van der Waals surface area contributed by atoms with Crippen LogP contribution in [0.4, 0.5) is 10.1 Å². The number of carbonyl (C=O) groups excluding carboxylic acids is 2. The van der Waals surface area contributed by atoms with E-state index in [-0.39, 0.29) is 24.1 Å². The first-order chi connectivity index (χ1) is 13.4. The van der Waals surface area contributed by atoms with Crippen molar-refractivity contribution in [2.24, 2.45) is 0 Å². The molecule has 2 aromatic carbocycles. The Balaban J connectivity index is 1.78. The van der Waals surface area contributed by atoms with Crippen molar-refractivity contribution in [3.05, 3.63) is 76.9 Å². The van der Waals surface area contributed by atoms with Gasteiger partial charge in [0.1, 0.15) is 5.82 Å². The molecule has 3 aromatic rings. The molecule has 28 heavy (non-hydrogen) atoms. The summed E-state index contributed by atoms with van der Waals surface area (Å²) in [7, 11) is 1.55. The van der Waals surface area contributed by atoms with Gasteiger partial charge in [0.15, 0.2) is 0 Å². The van der Waals surface area contributed by atoms with Gasteiger partial charge in [-0.2, -0.15) is 5.10 Å². The molecule has 1 heterocycles. The number of anilines is 1. The summed E-state index contributed by atoms with van der Waals surface area (Å²) < 4.78 is 14.9. The molecular formula is C21H21FN4O2. The van der Waals surface area contributed by atoms with Crippen molar-refractivity contribution in [1.29, 1.82) is 0 Å². The van der Waals surface area contributed by atoms with Gasteiger partial charge < -0.3 is 10.6 Å². The van der Waals surface area contributed by atoms with Gasteiger partial charge in [-0.15, -0.1) is 0 Å². The van der Waals surface area contributed by atoms with Crippen LogP contribution in [0.2, 0.25) is 0 Å². The molecule has 6 nitrogen and oxygen atoms in total. The predicted molar refractivity (Wildman–Crippen MR) is 105 cm³/mol. The van der Waals surface area contributed by atoms with Crippen LogP contribution in [0.3, 0.4) is 0 Å². The third kappa shape index (κ3) is 4.09. The lowest BCUT2D eigenvalue weighted by molar-refractivity contribution is -0.115. The average Bonchev–Trinajstić information content (AvgIpc) is 2.96. The third-order valence-corrected chi connectivity index (χ3v) is 4.49. The normalized spacial score (nSPS) is 10.6. The fraction of sp³-hybridized carbons (Fsp3) is 0.190. The molecule has 0 aliphatic rings. The van der Waals surface area contributed by atoms with Crippen molar-refractivity contribution in [3.8, 4) is 5.69 Å². The van der Waals surface area contributed by atoms with E-state index in [1.165, 1.54) is 12.1 Å². The average molecular weight is 380 g/mol. The van der Waals surface area contributed by atoms with Crippen molar-refractivity contribution in [2.75, 3.05) is 12.4 Å². The molecule has 0 radical (unpaired) electrons. The highest BCUT2D eigenvalue weighted by molar-refractivity contribution is 5.97. The second-order valence-corrected chi connectivity index (χ2v) is 6.42. The van der Waals surface area contributed by atoms with Crippen LogP contribution in [0, 0.1) is 19.7 Å². The van der Waals surface area contributed by atoms with E-state index >= 15 is 0 Å². The molecule has 0 atom stereocenters. The molecule has 3 rings (SSSR count). The number of nitrogens with zero attached hydrogens (tertiary/aromatic N) is 2. The number of halogens is 1. The first kappa shape index (κ1) is 19.3. The van der Waals surface area contributed by atoms with Crippen molar-refractivity contribution < 1.29 is 14.0 Å². The molecule has 0 aliphatic heterocycles. The highest BCUT2D eigenvalue weighted by atomic mass is 19.1. The van der Waals surface area contributed by atoms with Crippen LogP contribution in [0.25, 0.3) is 5.69 Å². The maximum absolute atomic E-state index is 13.2. The summed E-state index contributed by atoms with van der Waals surface area (Å²) in [6.45, 7) is 3.71. The fourth-order valence-electron chi connectivity index (χ4n) is 3.01. The molecule has 1 aromatic heterocycles. The smallest absolute Gasteiger partial charge is 0.251 e. The minimum Gasteiger partial charge on any atom is -0.355 e. The van der Waals surface area contributed by atoms with E-state index in [4.69, 9.17) is 0 Å². The van der Waals surface area contributed by atoms with Gasteiger partial charge in [-0.25, -0.2) is 9.07 Å². The Morgan fingerprint density at radius 1 is 1.11 bits per heavy atom. The Bertz CT molecular complexity index is 1030. The van der Waals surface area contributed by atoms with E-state index in [1.54, 1.807) is 48.1 Å². The lowest BCUT2D eigenvalue weighted by atomic mass is 10.1. The van der Waals surface area contributed by atoms with Gasteiger partial charge in [0, 0.05) is 29.6 Å². The lowest BCUT2D eigenvalue weighted by Crippen LogP contribution is -2.19. The maximum atomic E-state index is 13.2. The van der Waals surface area contributed by atoms with Gasteiger partial charge in [-0.3, -0.25) is 9.59 Å². The van der Waals surface area contributed by atoms with Gasteiger partial charge in [-0.05, 0) is 56.3 Å². The molecule has 144 valence electrons. The SMILES string of the molecule is CNC(=O)c1cccc(NC(=O)Cc2c(C)nn(-c3ccc(F)cc3)c2C)c1. The number of aromatic nitrogens is 2. The maximum Gasteiger partial charge on any atom is 0.251 e. The van der Waals surface area contributed by atoms with Crippen LogP contribution in [0.15, 0.2) is 48.5 Å². The number of hydrogen-bond acceptors (Lipinski definition) is 3. The van der Waals surface area contributed by atoms with Crippen molar-refractivity contribution in [3.63, 3.8) is 0 Å². The van der Waals surface area contributed by atoms with Gasteiger partial charge in [-0.1, -0.05) is 6.07 Å². The van der Waals surface area contributed by atoms with E-state index in [2.05, 4.69) is 15.7 Å². The zero-order valence-corrected chi connectivity index (χ0v) is 15.9. The molecule has 0 aliphatic carbocycles. The number of nitrogens with one attached hydrogen (secondary N) is 2. The minimum atomic E-state index is -0.316. The highest BCUT2D eigenvalue weighted by Crippen LogP contribution is 2.20. The second-order valence-electron chi connectivity index (χ2n) is 6.42. The largest absolute Gasteiger partial charge is 0.355 e. The van der Waals surface area contributed by atoms with E-state index in [0.717, 1.165) is 22.6 Å². The Hall–Kier alpha value is -3.48. The predicted octanol–water partition coefficient (Wildman–Crippen LogP) is 3.17. The van der Waals surface area contributed by atoms with Crippen LogP contribution in [-0.2, 0) is 11.2 Å². The molecule has 0 saturated heterocycles. The molecule has 0 unspecified atom stereocenters. The van der Waals surface area contributed by atoms with Gasteiger partial charge in [0.2, 0.25) is 5.91 Å². The first-order valence-electron chi connectivity index (χ1n) is 8.82. The topological polar surface area (TPSA) is 76.0 Å². The summed E-state index contributed by atoms with van der Waals surface area (Å²) >= 11 is 0. The summed E-state index contributed by atoms with van der Waals surface area (Å²) in [6.07, 6.45) is 0.142. The van der Waals surface area contributed by atoms with Crippen molar-refractivity contribution in [1.82, 2.24) is 15.1 Å². The van der Waals surface area contributed by atoms with E-state index in [0.29, 0.717) is 11.3 Å². The Labute approximate surface area is 162 Å². The minimum absolute atomic E-state index is 0.142. The molecule has 7 heteroatoms. The number of benzene rings is 2. The molecule has 0 bridgehead atoms. The second kappa shape index (κ2) is 8.04. The summed E-state index contributed by atoms with van der Waals surface area (Å²) in [4.78, 5) is 24.3. The van der Waals surface area contributed by atoms with E-state index in [1.807, 2.05) is 13.8 Å². The Morgan fingerprint density at radius 3 is 2.50 bits per heavy atom. The van der Waals surface area contributed by atoms with Crippen molar-refractivity contribution >= 4 is 17.5 Å². The standard InChI is InChI=1S/C21H21FN4O2/c1-13-19(14(2)26(25-13)18-9-7-16(22)8-10-18)12-20(27)24-17-6-4-5-15(11-17)21(28)23-3/h4-11H,12H2,1-3H3,(H,23,28)(H,24,27). The number of amides is 2. The number of aryl methyl sites for hydroxylation is 1. The highest BCUT2D eigenvalue weighted by Gasteiger charge is 2.16. The van der Waals surface area contributed by atoms with E-state index in [9.17, 15) is 14.0 Å². The van der Waals surface area contributed by atoms with Crippen LogP contribution in [0.5, 0.6) is 0 Å². The van der Waals surface area contributed by atoms with Crippen LogP contribution in [-0.4, -0.2) is 28.6 Å².